The number of carbonyl (C=O) groups is 2. The summed E-state index contributed by atoms with van der Waals surface area (Å²) in [6, 6.07) is 5.33. The zero-order valence-corrected chi connectivity index (χ0v) is 12.3. The highest BCUT2D eigenvalue weighted by molar-refractivity contribution is 6.09. The Morgan fingerprint density at radius 3 is 2.65 bits per heavy atom. The van der Waals surface area contributed by atoms with Gasteiger partial charge in [0.1, 0.15) is 5.75 Å². The Morgan fingerprint density at radius 1 is 1.35 bits per heavy atom. The number of fused-ring (bicyclic) bond motifs is 1. The Bertz CT molecular complexity index is 520. The highest BCUT2D eigenvalue weighted by Crippen LogP contribution is 2.32. The van der Waals surface area contributed by atoms with Crippen LogP contribution in [0.25, 0.3) is 0 Å². The second kappa shape index (κ2) is 6.07. The van der Waals surface area contributed by atoms with Gasteiger partial charge in [0.2, 0.25) is 5.91 Å². The molecule has 0 fully saturated rings. The van der Waals surface area contributed by atoms with Crippen molar-refractivity contribution in [1.82, 2.24) is 0 Å². The third-order valence-electron chi connectivity index (χ3n) is 3.96. The molecule has 1 aliphatic heterocycles. The molecule has 1 aliphatic rings. The van der Waals surface area contributed by atoms with E-state index in [-0.39, 0.29) is 17.6 Å². The van der Waals surface area contributed by atoms with Crippen molar-refractivity contribution in [3.05, 3.63) is 23.8 Å². The van der Waals surface area contributed by atoms with Gasteiger partial charge in [-0.3, -0.25) is 9.59 Å². The van der Waals surface area contributed by atoms with Crippen LogP contribution in [0.5, 0.6) is 5.75 Å². The fraction of sp³-hybridized carbons (Fsp3) is 0.500. The molecule has 108 valence electrons. The minimum Gasteiger partial charge on any atom is -0.497 e. The normalized spacial score (nSPS) is 14.4. The van der Waals surface area contributed by atoms with Crippen molar-refractivity contribution in [2.24, 2.45) is 5.92 Å². The Balaban J connectivity index is 2.38. The molecular weight excluding hydrogens is 254 g/mol. The number of Topliss-reactive ketones (excluding diaryl/α,β-unsaturated/α-hetero) is 1. The number of ketones is 1. The van der Waals surface area contributed by atoms with Crippen LogP contribution in [0.15, 0.2) is 18.2 Å². The average Bonchev–Trinajstić information content (AvgIpc) is 2.48. The zero-order valence-electron chi connectivity index (χ0n) is 12.3. The Kier molecular flexibility index (Phi) is 4.42. The smallest absolute Gasteiger partial charge is 0.230 e. The summed E-state index contributed by atoms with van der Waals surface area (Å²) in [7, 11) is 1.57. The predicted octanol–water partition coefficient (Wildman–Crippen LogP) is 3.05. The van der Waals surface area contributed by atoms with E-state index in [4.69, 9.17) is 4.74 Å². The lowest BCUT2D eigenvalue weighted by atomic mass is 9.96. The van der Waals surface area contributed by atoms with Crippen LogP contribution in [-0.4, -0.2) is 25.3 Å². The lowest BCUT2D eigenvalue weighted by Gasteiger charge is -2.31. The van der Waals surface area contributed by atoms with E-state index in [0.717, 1.165) is 18.5 Å². The van der Waals surface area contributed by atoms with Crippen LogP contribution in [0.4, 0.5) is 5.69 Å². The van der Waals surface area contributed by atoms with Crippen molar-refractivity contribution in [3.8, 4) is 5.75 Å². The number of carbonyl (C=O) groups excluding carboxylic acids is 2. The summed E-state index contributed by atoms with van der Waals surface area (Å²) in [6.45, 7) is 4.53. The third-order valence-corrected chi connectivity index (χ3v) is 3.96. The van der Waals surface area contributed by atoms with Crippen molar-refractivity contribution in [1.29, 1.82) is 0 Å². The first kappa shape index (κ1) is 14.6. The number of amides is 1. The monoisotopic (exact) mass is 275 g/mol. The van der Waals surface area contributed by atoms with Crippen molar-refractivity contribution >= 4 is 17.4 Å². The molecule has 20 heavy (non-hydrogen) atoms. The van der Waals surface area contributed by atoms with Gasteiger partial charge in [-0.05, 0) is 31.0 Å². The van der Waals surface area contributed by atoms with E-state index < -0.39 is 0 Å². The van der Waals surface area contributed by atoms with Gasteiger partial charge in [-0.1, -0.05) is 13.8 Å². The van der Waals surface area contributed by atoms with Gasteiger partial charge in [0.25, 0.3) is 0 Å². The van der Waals surface area contributed by atoms with Crippen LogP contribution in [0.3, 0.4) is 0 Å². The van der Waals surface area contributed by atoms with E-state index in [0.29, 0.717) is 24.3 Å². The molecule has 1 heterocycles. The Labute approximate surface area is 119 Å². The third kappa shape index (κ3) is 2.55. The second-order valence-corrected chi connectivity index (χ2v) is 5.06. The summed E-state index contributed by atoms with van der Waals surface area (Å²) in [5, 5.41) is 0. The fourth-order valence-electron chi connectivity index (χ4n) is 2.66. The maximum atomic E-state index is 12.6. The van der Waals surface area contributed by atoms with Crippen molar-refractivity contribution < 1.29 is 14.3 Å². The van der Waals surface area contributed by atoms with Crippen LogP contribution >= 0.6 is 0 Å². The van der Waals surface area contributed by atoms with Crippen molar-refractivity contribution in [3.63, 3.8) is 0 Å². The van der Waals surface area contributed by atoms with Gasteiger partial charge >= 0.3 is 0 Å². The van der Waals surface area contributed by atoms with Gasteiger partial charge in [0.15, 0.2) is 5.78 Å². The maximum Gasteiger partial charge on any atom is 0.230 e. The molecule has 0 saturated carbocycles. The predicted molar refractivity (Wildman–Crippen MR) is 78.4 cm³/mol. The Hall–Kier alpha value is -1.84. The molecule has 0 saturated heterocycles. The number of anilines is 1. The molecule has 0 radical (unpaired) electrons. The van der Waals surface area contributed by atoms with Crippen molar-refractivity contribution in [2.75, 3.05) is 18.6 Å². The minimum absolute atomic E-state index is 0.0261. The molecule has 0 aliphatic carbocycles. The molecule has 0 atom stereocenters. The first-order valence-electron chi connectivity index (χ1n) is 7.15. The summed E-state index contributed by atoms with van der Waals surface area (Å²) >= 11 is 0. The molecular formula is C16H21NO3. The number of benzene rings is 1. The highest BCUT2D eigenvalue weighted by Gasteiger charge is 2.30. The van der Waals surface area contributed by atoms with Gasteiger partial charge in [-0.15, -0.1) is 0 Å². The first-order chi connectivity index (χ1) is 9.62. The van der Waals surface area contributed by atoms with Gasteiger partial charge in [0.05, 0.1) is 12.8 Å². The van der Waals surface area contributed by atoms with Crippen LogP contribution in [0, 0.1) is 5.92 Å². The van der Waals surface area contributed by atoms with Gasteiger partial charge < -0.3 is 9.64 Å². The molecule has 4 nitrogen and oxygen atoms in total. The number of hydrogen-bond donors (Lipinski definition) is 0. The summed E-state index contributed by atoms with van der Waals surface area (Å²) in [4.78, 5) is 26.4. The molecule has 2 rings (SSSR count). The van der Waals surface area contributed by atoms with Crippen LogP contribution < -0.4 is 9.64 Å². The first-order valence-corrected chi connectivity index (χ1v) is 7.15. The molecule has 1 aromatic rings. The van der Waals surface area contributed by atoms with Gasteiger partial charge in [0, 0.05) is 24.4 Å². The molecule has 0 N–H and O–H groups in total. The van der Waals surface area contributed by atoms with Gasteiger partial charge in [-0.2, -0.15) is 0 Å². The quantitative estimate of drug-likeness (QED) is 0.848. The highest BCUT2D eigenvalue weighted by atomic mass is 16.5. The SMILES string of the molecule is CCC(CC)C(=O)N1CCC(=O)c2cc(OC)ccc21. The summed E-state index contributed by atoms with van der Waals surface area (Å²) < 4.78 is 5.16. The van der Waals surface area contributed by atoms with E-state index in [1.54, 1.807) is 24.1 Å². The van der Waals surface area contributed by atoms with E-state index in [9.17, 15) is 9.59 Å². The van der Waals surface area contributed by atoms with E-state index in [1.807, 2.05) is 19.9 Å². The minimum atomic E-state index is 0.0261. The van der Waals surface area contributed by atoms with E-state index in [2.05, 4.69) is 0 Å². The maximum absolute atomic E-state index is 12.6. The largest absolute Gasteiger partial charge is 0.497 e. The van der Waals surface area contributed by atoms with Gasteiger partial charge in [-0.25, -0.2) is 0 Å². The summed E-state index contributed by atoms with van der Waals surface area (Å²) in [5.74, 6) is 0.869. The average molecular weight is 275 g/mol. The lowest BCUT2D eigenvalue weighted by Crippen LogP contribution is -2.40. The van der Waals surface area contributed by atoms with Crippen LogP contribution in [-0.2, 0) is 4.79 Å². The topological polar surface area (TPSA) is 46.6 Å². The molecule has 1 amide bonds. The number of hydrogen-bond acceptors (Lipinski definition) is 3. The van der Waals surface area contributed by atoms with Crippen molar-refractivity contribution in [2.45, 2.75) is 33.1 Å². The fourth-order valence-corrected chi connectivity index (χ4v) is 2.66. The number of nitrogens with zero attached hydrogens (tertiary/aromatic N) is 1. The molecule has 1 aromatic carbocycles. The standard InChI is InChI=1S/C16H21NO3/c1-4-11(5-2)16(19)17-9-8-15(18)13-10-12(20-3)6-7-14(13)17/h6-7,10-11H,4-5,8-9H2,1-3H3. The number of ether oxygens (including phenoxy) is 1. The lowest BCUT2D eigenvalue weighted by molar-refractivity contribution is -0.122. The second-order valence-electron chi connectivity index (χ2n) is 5.06. The molecule has 0 unspecified atom stereocenters. The summed E-state index contributed by atoms with van der Waals surface area (Å²) in [6.07, 6.45) is 2.03. The number of methoxy groups -OCH3 is 1. The molecule has 0 aromatic heterocycles. The van der Waals surface area contributed by atoms with E-state index >= 15 is 0 Å². The van der Waals surface area contributed by atoms with Crippen LogP contribution in [0.2, 0.25) is 0 Å². The zero-order chi connectivity index (χ0) is 14.7. The number of rotatable bonds is 4. The molecule has 0 spiro atoms. The molecule has 0 bridgehead atoms. The van der Waals surface area contributed by atoms with E-state index in [1.165, 1.54) is 0 Å². The summed E-state index contributed by atoms with van der Waals surface area (Å²) in [5.41, 5.74) is 1.31. The Morgan fingerprint density at radius 2 is 2.05 bits per heavy atom. The molecule has 4 heteroatoms. The van der Waals surface area contributed by atoms with Crippen LogP contribution in [0.1, 0.15) is 43.5 Å².